The molecule has 0 aliphatic carbocycles. The smallest absolute Gasteiger partial charge is 0.343 e. The lowest BCUT2D eigenvalue weighted by atomic mass is 10.1. The zero-order valence-corrected chi connectivity index (χ0v) is 14.3. The lowest BCUT2D eigenvalue weighted by Crippen LogP contribution is -2.25. The van der Waals surface area contributed by atoms with Crippen molar-refractivity contribution in [3.63, 3.8) is 0 Å². The monoisotopic (exact) mass is 334 g/mol. The van der Waals surface area contributed by atoms with Crippen LogP contribution in [0.3, 0.4) is 0 Å². The molecule has 124 valence electrons. The van der Waals surface area contributed by atoms with Gasteiger partial charge in [0.15, 0.2) is 5.16 Å². The second-order valence-corrected chi connectivity index (χ2v) is 6.31. The molecule has 2 N–H and O–H groups in total. The van der Waals surface area contributed by atoms with E-state index in [1.165, 1.54) is 17.3 Å². The Labute approximate surface area is 139 Å². The van der Waals surface area contributed by atoms with Gasteiger partial charge in [0.05, 0.1) is 5.75 Å². The summed E-state index contributed by atoms with van der Waals surface area (Å²) in [6, 6.07) is 8.04. The van der Waals surface area contributed by atoms with E-state index >= 15 is 0 Å². The van der Waals surface area contributed by atoms with Crippen molar-refractivity contribution in [3.8, 4) is 0 Å². The van der Waals surface area contributed by atoms with E-state index in [1.807, 2.05) is 31.2 Å². The summed E-state index contributed by atoms with van der Waals surface area (Å²) < 4.78 is 1.58. The van der Waals surface area contributed by atoms with Crippen LogP contribution in [0.1, 0.15) is 30.9 Å². The van der Waals surface area contributed by atoms with E-state index < -0.39 is 0 Å². The van der Waals surface area contributed by atoms with Gasteiger partial charge in [0, 0.05) is 13.1 Å². The molecule has 0 saturated carbocycles. The first kappa shape index (κ1) is 17.3. The third kappa shape index (κ3) is 5.28. The molecule has 23 heavy (non-hydrogen) atoms. The van der Waals surface area contributed by atoms with Gasteiger partial charge >= 0.3 is 5.69 Å². The van der Waals surface area contributed by atoms with E-state index in [0.29, 0.717) is 18.2 Å². The predicted molar refractivity (Wildman–Crippen MR) is 91.5 cm³/mol. The van der Waals surface area contributed by atoms with Crippen molar-refractivity contribution in [2.75, 3.05) is 5.75 Å². The normalized spacial score (nSPS) is 10.7. The Bertz CT molecular complexity index is 691. The van der Waals surface area contributed by atoms with Crippen LogP contribution in [0.2, 0.25) is 0 Å². The molecule has 0 atom stereocenters. The molecule has 0 fully saturated rings. The summed E-state index contributed by atoms with van der Waals surface area (Å²) >= 11 is 1.27. The highest BCUT2D eigenvalue weighted by Gasteiger charge is 2.10. The molecule has 1 aromatic heterocycles. The molecule has 2 aromatic rings. The van der Waals surface area contributed by atoms with Gasteiger partial charge in [0.25, 0.3) is 0 Å². The number of carbonyl (C=O) groups is 1. The third-order valence-electron chi connectivity index (χ3n) is 3.40. The number of aryl methyl sites for hydroxylation is 1. The fourth-order valence-corrected chi connectivity index (χ4v) is 2.82. The highest BCUT2D eigenvalue weighted by Crippen LogP contribution is 2.13. The standard InChI is InChI=1S/C16H22N4O2S/c1-3-4-9-20-15(22)18-19-16(20)23-11-14(21)17-10-13-7-5-12(2)6-8-13/h5-8H,3-4,9-11H2,1-2H3,(H,17,21)(H,18,22). The number of nitrogens with one attached hydrogen (secondary N) is 2. The molecular formula is C16H22N4O2S. The average Bonchev–Trinajstić information content (AvgIpc) is 2.90. The average molecular weight is 334 g/mol. The van der Waals surface area contributed by atoms with Gasteiger partial charge in [-0.1, -0.05) is 54.9 Å². The van der Waals surface area contributed by atoms with Crippen molar-refractivity contribution >= 4 is 17.7 Å². The van der Waals surface area contributed by atoms with Gasteiger partial charge in [-0.15, -0.1) is 5.10 Å². The highest BCUT2D eigenvalue weighted by atomic mass is 32.2. The topological polar surface area (TPSA) is 79.8 Å². The number of nitrogens with zero attached hydrogens (tertiary/aromatic N) is 2. The third-order valence-corrected chi connectivity index (χ3v) is 4.38. The number of amides is 1. The number of thioether (sulfide) groups is 1. The van der Waals surface area contributed by atoms with Crippen LogP contribution in [0.15, 0.2) is 34.2 Å². The summed E-state index contributed by atoms with van der Waals surface area (Å²) in [6.07, 6.45) is 1.91. The van der Waals surface area contributed by atoms with Crippen LogP contribution >= 0.6 is 11.8 Å². The molecule has 1 aromatic carbocycles. The summed E-state index contributed by atoms with van der Waals surface area (Å²) in [5, 5.41) is 9.85. The summed E-state index contributed by atoms with van der Waals surface area (Å²) in [5.74, 6) is 0.163. The fraction of sp³-hybridized carbons (Fsp3) is 0.438. The van der Waals surface area contributed by atoms with Gasteiger partial charge in [-0.2, -0.15) is 0 Å². The number of unbranched alkanes of at least 4 members (excludes halogenated alkanes) is 1. The molecule has 7 heteroatoms. The highest BCUT2D eigenvalue weighted by molar-refractivity contribution is 7.99. The summed E-state index contributed by atoms with van der Waals surface area (Å²) in [4.78, 5) is 23.6. The van der Waals surface area contributed by atoms with Crippen LogP contribution < -0.4 is 11.0 Å². The molecule has 1 amide bonds. The maximum Gasteiger partial charge on any atom is 0.343 e. The number of rotatable bonds is 8. The Morgan fingerprint density at radius 3 is 2.78 bits per heavy atom. The molecule has 0 bridgehead atoms. The molecule has 0 spiro atoms. The van der Waals surface area contributed by atoms with Crippen molar-refractivity contribution in [1.29, 1.82) is 0 Å². The first-order chi connectivity index (χ1) is 11.1. The van der Waals surface area contributed by atoms with E-state index in [0.717, 1.165) is 18.4 Å². The Kier molecular flexibility index (Phi) is 6.46. The number of H-pyrrole nitrogens is 1. The molecule has 1 heterocycles. The van der Waals surface area contributed by atoms with Crippen molar-refractivity contribution < 1.29 is 4.79 Å². The molecule has 0 saturated heterocycles. The van der Waals surface area contributed by atoms with E-state index in [1.54, 1.807) is 4.57 Å². The molecule has 0 aliphatic rings. The first-order valence-corrected chi connectivity index (χ1v) is 8.69. The summed E-state index contributed by atoms with van der Waals surface area (Å²) in [5.41, 5.74) is 2.04. The van der Waals surface area contributed by atoms with E-state index in [-0.39, 0.29) is 17.3 Å². The summed E-state index contributed by atoms with van der Waals surface area (Å²) in [7, 11) is 0. The number of hydrogen-bond acceptors (Lipinski definition) is 4. The fourth-order valence-electron chi connectivity index (χ4n) is 2.01. The summed E-state index contributed by atoms with van der Waals surface area (Å²) in [6.45, 7) is 5.22. The minimum absolute atomic E-state index is 0.0759. The molecule has 6 nitrogen and oxygen atoms in total. The lowest BCUT2D eigenvalue weighted by Gasteiger charge is -2.06. The van der Waals surface area contributed by atoms with E-state index in [4.69, 9.17) is 0 Å². The van der Waals surface area contributed by atoms with Crippen LogP contribution in [0.4, 0.5) is 0 Å². The lowest BCUT2D eigenvalue weighted by molar-refractivity contribution is -0.118. The molecule has 0 unspecified atom stereocenters. The van der Waals surface area contributed by atoms with E-state index in [9.17, 15) is 9.59 Å². The zero-order chi connectivity index (χ0) is 16.7. The van der Waals surface area contributed by atoms with E-state index in [2.05, 4.69) is 22.4 Å². The Balaban J connectivity index is 1.82. The van der Waals surface area contributed by atoms with Crippen molar-refractivity contribution in [1.82, 2.24) is 20.1 Å². The number of carbonyl (C=O) groups excluding carboxylic acids is 1. The van der Waals surface area contributed by atoms with Crippen LogP contribution in [-0.2, 0) is 17.9 Å². The number of benzene rings is 1. The largest absolute Gasteiger partial charge is 0.351 e. The first-order valence-electron chi connectivity index (χ1n) is 7.70. The van der Waals surface area contributed by atoms with Crippen LogP contribution in [0.25, 0.3) is 0 Å². The van der Waals surface area contributed by atoms with Gasteiger partial charge in [-0.25, -0.2) is 9.89 Å². The van der Waals surface area contributed by atoms with Gasteiger partial charge in [-0.05, 0) is 18.9 Å². The Morgan fingerprint density at radius 1 is 1.35 bits per heavy atom. The number of hydrogen-bond donors (Lipinski definition) is 2. The van der Waals surface area contributed by atoms with Crippen LogP contribution in [0.5, 0.6) is 0 Å². The van der Waals surface area contributed by atoms with Crippen LogP contribution in [0, 0.1) is 6.92 Å². The van der Waals surface area contributed by atoms with Gasteiger partial charge in [0.1, 0.15) is 0 Å². The van der Waals surface area contributed by atoms with Gasteiger partial charge in [0.2, 0.25) is 5.91 Å². The zero-order valence-electron chi connectivity index (χ0n) is 13.5. The van der Waals surface area contributed by atoms with Crippen molar-refractivity contribution in [3.05, 3.63) is 45.9 Å². The minimum atomic E-state index is -0.221. The minimum Gasteiger partial charge on any atom is -0.351 e. The molecule has 0 radical (unpaired) electrons. The quantitative estimate of drug-likeness (QED) is 0.725. The van der Waals surface area contributed by atoms with Gasteiger partial charge < -0.3 is 5.32 Å². The maximum absolute atomic E-state index is 11.9. The SMILES string of the molecule is CCCCn1c(SCC(=O)NCc2ccc(C)cc2)n[nH]c1=O. The molecule has 0 aliphatic heterocycles. The second-order valence-electron chi connectivity index (χ2n) is 5.37. The maximum atomic E-state index is 11.9. The number of aromatic amines is 1. The predicted octanol–water partition coefficient (Wildman–Crippen LogP) is 2.09. The van der Waals surface area contributed by atoms with Crippen molar-refractivity contribution in [2.24, 2.45) is 0 Å². The van der Waals surface area contributed by atoms with Crippen molar-refractivity contribution in [2.45, 2.75) is 44.9 Å². The molecule has 2 rings (SSSR count). The Hall–Kier alpha value is -2.02. The van der Waals surface area contributed by atoms with Crippen LogP contribution in [-0.4, -0.2) is 26.4 Å². The van der Waals surface area contributed by atoms with Gasteiger partial charge in [-0.3, -0.25) is 9.36 Å². The number of aromatic nitrogens is 3. The molecular weight excluding hydrogens is 312 g/mol. The second kappa shape index (κ2) is 8.57. The Morgan fingerprint density at radius 2 is 2.09 bits per heavy atom.